The van der Waals surface area contributed by atoms with Crippen molar-refractivity contribution in [3.63, 3.8) is 0 Å². The van der Waals surface area contributed by atoms with Crippen molar-refractivity contribution in [2.45, 2.75) is 47.2 Å². The van der Waals surface area contributed by atoms with Crippen LogP contribution >= 0.6 is 0 Å². The van der Waals surface area contributed by atoms with Crippen LogP contribution in [0.2, 0.25) is 0 Å². The summed E-state index contributed by atoms with van der Waals surface area (Å²) in [5.41, 5.74) is 3.84. The highest BCUT2D eigenvalue weighted by molar-refractivity contribution is 5.75. The fourth-order valence-corrected chi connectivity index (χ4v) is 2.93. The highest BCUT2D eigenvalue weighted by Gasteiger charge is 2.22. The minimum absolute atomic E-state index is 0.0161. The largest absolute Gasteiger partial charge is 0.341 e. The number of nitrogens with zero attached hydrogens (tertiary/aromatic N) is 6. The number of aryl methyl sites for hydroxylation is 4. The molecule has 2 heterocycles. The van der Waals surface area contributed by atoms with Gasteiger partial charge in [-0.05, 0) is 27.7 Å². The van der Waals surface area contributed by atoms with E-state index in [-0.39, 0.29) is 18.0 Å². The summed E-state index contributed by atoms with van der Waals surface area (Å²) in [7, 11) is 3.63. The molecule has 2 rings (SSSR count). The Kier molecular flexibility index (Phi) is 5.24. The number of carbonyl (C=O) groups is 1. The summed E-state index contributed by atoms with van der Waals surface area (Å²) < 4.78 is 3.33. The quantitative estimate of drug-likeness (QED) is 0.585. The molecule has 9 heteroatoms. The molecule has 0 unspecified atom stereocenters. The summed E-state index contributed by atoms with van der Waals surface area (Å²) in [6.45, 7) is 7.95. The van der Waals surface area contributed by atoms with Gasteiger partial charge in [0.25, 0.3) is 0 Å². The van der Waals surface area contributed by atoms with E-state index in [1.165, 1.54) is 4.68 Å². The Labute approximate surface area is 146 Å². The molecular formula is C16H24N6O3. The van der Waals surface area contributed by atoms with E-state index in [2.05, 4.69) is 10.2 Å². The van der Waals surface area contributed by atoms with Gasteiger partial charge in [-0.2, -0.15) is 10.2 Å². The molecule has 0 N–H and O–H groups in total. The zero-order chi connectivity index (χ0) is 18.9. The van der Waals surface area contributed by atoms with Gasteiger partial charge < -0.3 is 4.90 Å². The van der Waals surface area contributed by atoms with Crippen LogP contribution in [-0.2, 0) is 24.9 Å². The van der Waals surface area contributed by atoms with Gasteiger partial charge >= 0.3 is 5.69 Å². The lowest BCUT2D eigenvalue weighted by atomic mass is 10.2. The molecule has 1 amide bonds. The maximum Gasteiger partial charge on any atom is 0.312 e. The first-order chi connectivity index (χ1) is 11.6. The summed E-state index contributed by atoms with van der Waals surface area (Å²) in [5.74, 6) is -0.0436. The molecule has 0 atom stereocenters. The maximum absolute atomic E-state index is 12.4. The minimum Gasteiger partial charge on any atom is -0.341 e. The Morgan fingerprint density at radius 3 is 2.28 bits per heavy atom. The molecule has 0 fully saturated rings. The predicted molar refractivity (Wildman–Crippen MR) is 92.1 cm³/mol. The van der Waals surface area contributed by atoms with Crippen LogP contribution in [0.15, 0.2) is 0 Å². The first kappa shape index (κ1) is 18.6. The van der Waals surface area contributed by atoms with E-state index in [1.54, 1.807) is 30.5 Å². The van der Waals surface area contributed by atoms with Gasteiger partial charge in [0.2, 0.25) is 5.91 Å². The van der Waals surface area contributed by atoms with Crippen LogP contribution < -0.4 is 0 Å². The molecule has 0 aliphatic heterocycles. The second-order valence-corrected chi connectivity index (χ2v) is 6.27. The lowest BCUT2D eigenvalue weighted by Crippen LogP contribution is -2.27. The monoisotopic (exact) mass is 348 g/mol. The van der Waals surface area contributed by atoms with Crippen molar-refractivity contribution in [3.8, 4) is 0 Å². The standard InChI is InChI=1S/C16H24N6O3/c1-10-14(12(3)20(6)17-10)9-19(5)15(23)7-8-21-13(4)16(22(24)25)11(2)18-21/h7-9H2,1-6H3. The fraction of sp³-hybridized carbons (Fsp3) is 0.562. The number of rotatable bonds is 6. The molecule has 0 aliphatic rings. The number of carbonyl (C=O) groups excluding carboxylic acids is 1. The number of nitro groups is 1. The van der Waals surface area contributed by atoms with E-state index in [0.717, 1.165) is 17.0 Å². The number of amides is 1. The molecule has 0 saturated carbocycles. The zero-order valence-corrected chi connectivity index (χ0v) is 15.5. The van der Waals surface area contributed by atoms with Crippen LogP contribution in [0.4, 0.5) is 5.69 Å². The summed E-state index contributed by atoms with van der Waals surface area (Å²) in [6.07, 6.45) is 0.230. The number of hydrogen-bond acceptors (Lipinski definition) is 5. The Morgan fingerprint density at radius 1 is 1.16 bits per heavy atom. The van der Waals surface area contributed by atoms with E-state index in [9.17, 15) is 14.9 Å². The summed E-state index contributed by atoms with van der Waals surface area (Å²) >= 11 is 0. The van der Waals surface area contributed by atoms with Crippen molar-refractivity contribution in [3.05, 3.63) is 38.5 Å². The van der Waals surface area contributed by atoms with Crippen molar-refractivity contribution in [1.82, 2.24) is 24.5 Å². The average molecular weight is 348 g/mol. The van der Waals surface area contributed by atoms with Gasteiger partial charge in [0.05, 0.1) is 17.2 Å². The van der Waals surface area contributed by atoms with Gasteiger partial charge in [-0.25, -0.2) is 0 Å². The molecule has 9 nitrogen and oxygen atoms in total. The van der Waals surface area contributed by atoms with Crippen molar-refractivity contribution in [2.24, 2.45) is 7.05 Å². The minimum atomic E-state index is -0.434. The van der Waals surface area contributed by atoms with Crippen LogP contribution in [0.3, 0.4) is 0 Å². The topological polar surface area (TPSA) is 99.1 Å². The third-order valence-electron chi connectivity index (χ3n) is 4.54. The van der Waals surface area contributed by atoms with Crippen molar-refractivity contribution >= 4 is 11.6 Å². The van der Waals surface area contributed by atoms with Gasteiger partial charge in [-0.3, -0.25) is 24.3 Å². The Balaban J connectivity index is 2.03. The molecule has 0 spiro atoms. The third-order valence-corrected chi connectivity index (χ3v) is 4.54. The fourth-order valence-electron chi connectivity index (χ4n) is 2.93. The third kappa shape index (κ3) is 3.70. The molecule has 0 radical (unpaired) electrons. The van der Waals surface area contributed by atoms with Gasteiger partial charge in [-0.1, -0.05) is 0 Å². The predicted octanol–water partition coefficient (Wildman–Crippen LogP) is 1.81. The molecule has 25 heavy (non-hydrogen) atoms. The van der Waals surface area contributed by atoms with Crippen LogP contribution in [0, 0.1) is 37.8 Å². The highest BCUT2D eigenvalue weighted by atomic mass is 16.6. The Bertz CT molecular complexity index is 820. The highest BCUT2D eigenvalue weighted by Crippen LogP contribution is 2.22. The molecule has 0 bridgehead atoms. The molecule has 2 aromatic heterocycles. The first-order valence-electron chi connectivity index (χ1n) is 8.04. The van der Waals surface area contributed by atoms with E-state index in [1.807, 2.05) is 20.9 Å². The molecule has 136 valence electrons. The van der Waals surface area contributed by atoms with Gasteiger partial charge in [0.15, 0.2) is 0 Å². The maximum atomic E-state index is 12.4. The molecule has 0 aromatic carbocycles. The van der Waals surface area contributed by atoms with Crippen LogP contribution in [0.5, 0.6) is 0 Å². The number of aromatic nitrogens is 4. The van der Waals surface area contributed by atoms with E-state index < -0.39 is 4.92 Å². The zero-order valence-electron chi connectivity index (χ0n) is 15.5. The van der Waals surface area contributed by atoms with Gasteiger partial charge in [0.1, 0.15) is 11.4 Å². The second-order valence-electron chi connectivity index (χ2n) is 6.27. The van der Waals surface area contributed by atoms with E-state index in [4.69, 9.17) is 0 Å². The summed E-state index contributed by atoms with van der Waals surface area (Å²) in [6, 6.07) is 0. The lowest BCUT2D eigenvalue weighted by molar-refractivity contribution is -0.386. The summed E-state index contributed by atoms with van der Waals surface area (Å²) in [4.78, 5) is 24.7. The summed E-state index contributed by atoms with van der Waals surface area (Å²) in [5, 5.41) is 19.6. The smallest absolute Gasteiger partial charge is 0.312 e. The van der Waals surface area contributed by atoms with E-state index in [0.29, 0.717) is 24.5 Å². The molecule has 0 saturated heterocycles. The average Bonchev–Trinajstić information content (AvgIpc) is 2.94. The van der Waals surface area contributed by atoms with Crippen molar-refractivity contribution in [1.29, 1.82) is 0 Å². The van der Waals surface area contributed by atoms with Crippen LogP contribution in [0.25, 0.3) is 0 Å². The van der Waals surface area contributed by atoms with Crippen molar-refractivity contribution < 1.29 is 9.72 Å². The van der Waals surface area contributed by atoms with Gasteiger partial charge in [-0.15, -0.1) is 0 Å². The van der Waals surface area contributed by atoms with E-state index >= 15 is 0 Å². The Morgan fingerprint density at radius 2 is 1.80 bits per heavy atom. The lowest BCUT2D eigenvalue weighted by Gasteiger charge is -2.17. The van der Waals surface area contributed by atoms with Gasteiger partial charge in [0, 0.05) is 38.3 Å². The Hall–Kier alpha value is -2.71. The van der Waals surface area contributed by atoms with Crippen LogP contribution in [-0.4, -0.2) is 42.3 Å². The van der Waals surface area contributed by atoms with Crippen LogP contribution in [0.1, 0.15) is 34.8 Å². The molecular weight excluding hydrogens is 324 g/mol. The molecule has 2 aromatic rings. The number of hydrogen-bond donors (Lipinski definition) is 0. The second kappa shape index (κ2) is 7.04. The SMILES string of the molecule is Cc1nn(C)c(C)c1CN(C)C(=O)CCn1nc(C)c([N+](=O)[O-])c1C. The first-order valence-corrected chi connectivity index (χ1v) is 8.04. The normalized spacial score (nSPS) is 11.0. The molecule has 0 aliphatic carbocycles. The van der Waals surface area contributed by atoms with Crippen molar-refractivity contribution in [2.75, 3.05) is 7.05 Å².